The zero-order chi connectivity index (χ0) is 17.0. The second-order valence-electron chi connectivity index (χ2n) is 6.87. The number of aliphatic hydroxyl groups is 1. The van der Waals surface area contributed by atoms with Crippen molar-refractivity contribution in [1.82, 2.24) is 5.32 Å². The summed E-state index contributed by atoms with van der Waals surface area (Å²) in [6.07, 6.45) is 1.46. The molecule has 0 aliphatic carbocycles. The lowest BCUT2D eigenvalue weighted by Crippen LogP contribution is -2.44. The molecule has 0 fully saturated rings. The normalized spacial score (nSPS) is 19.7. The first-order chi connectivity index (χ1) is 10.8. The quantitative estimate of drug-likeness (QED) is 0.751. The van der Waals surface area contributed by atoms with Gasteiger partial charge >= 0.3 is 0 Å². The molecule has 1 aliphatic heterocycles. The third kappa shape index (κ3) is 4.55. The fraction of sp³-hybridized carbons (Fsp3) is 0.556. The number of hydrogen-bond acceptors (Lipinski definition) is 3. The molecule has 1 aromatic carbocycles. The molecule has 1 heterocycles. The van der Waals surface area contributed by atoms with E-state index in [2.05, 4.69) is 10.6 Å². The lowest BCUT2D eigenvalue weighted by atomic mass is 9.89. The van der Waals surface area contributed by atoms with Gasteiger partial charge in [-0.1, -0.05) is 32.0 Å². The van der Waals surface area contributed by atoms with Crippen LogP contribution in [0.25, 0.3) is 0 Å². The van der Waals surface area contributed by atoms with Gasteiger partial charge in [0.2, 0.25) is 11.8 Å². The molecule has 3 N–H and O–H groups in total. The van der Waals surface area contributed by atoms with Gasteiger partial charge < -0.3 is 15.7 Å². The summed E-state index contributed by atoms with van der Waals surface area (Å²) in [5, 5.41) is 15.8. The van der Waals surface area contributed by atoms with E-state index in [-0.39, 0.29) is 36.6 Å². The highest BCUT2D eigenvalue weighted by Gasteiger charge is 2.28. The van der Waals surface area contributed by atoms with Crippen molar-refractivity contribution in [1.29, 1.82) is 0 Å². The third-order valence-corrected chi connectivity index (χ3v) is 4.72. The van der Waals surface area contributed by atoms with Gasteiger partial charge in [-0.15, -0.1) is 0 Å². The Morgan fingerprint density at radius 2 is 2.13 bits per heavy atom. The Labute approximate surface area is 137 Å². The molecule has 126 valence electrons. The number of fused-ring (bicyclic) bond motifs is 1. The highest BCUT2D eigenvalue weighted by atomic mass is 16.3. The zero-order valence-electron chi connectivity index (χ0n) is 14.1. The molecule has 23 heavy (non-hydrogen) atoms. The number of rotatable bonds is 6. The topological polar surface area (TPSA) is 78.4 Å². The molecule has 1 aromatic rings. The number of carbonyl (C=O) groups is 2. The molecule has 2 amide bonds. The average Bonchev–Trinajstić information content (AvgIpc) is 2.50. The van der Waals surface area contributed by atoms with E-state index in [1.165, 1.54) is 0 Å². The van der Waals surface area contributed by atoms with Gasteiger partial charge in [0.05, 0.1) is 5.60 Å². The first kappa shape index (κ1) is 17.5. The number of benzene rings is 1. The minimum absolute atomic E-state index is 0.0225. The fourth-order valence-corrected chi connectivity index (χ4v) is 2.52. The summed E-state index contributed by atoms with van der Waals surface area (Å²) in [6, 6.07) is 7.74. The molecule has 0 saturated carbocycles. The van der Waals surface area contributed by atoms with Crippen molar-refractivity contribution in [3.63, 3.8) is 0 Å². The SMILES string of the molecule is CC(C)C(C)(O)CNC(=O)CCC1Cc2ccccc2NC1=O. The molecule has 2 atom stereocenters. The molecule has 2 unspecified atom stereocenters. The van der Waals surface area contributed by atoms with Crippen LogP contribution in [0.1, 0.15) is 39.2 Å². The molecule has 0 radical (unpaired) electrons. The van der Waals surface area contributed by atoms with Crippen LogP contribution in [0, 0.1) is 11.8 Å². The summed E-state index contributed by atoms with van der Waals surface area (Å²) in [4.78, 5) is 24.0. The van der Waals surface area contributed by atoms with Gasteiger partial charge in [0, 0.05) is 24.6 Å². The summed E-state index contributed by atoms with van der Waals surface area (Å²) in [7, 11) is 0. The molecule has 0 saturated heterocycles. The van der Waals surface area contributed by atoms with E-state index < -0.39 is 5.60 Å². The second-order valence-corrected chi connectivity index (χ2v) is 6.87. The Morgan fingerprint density at radius 1 is 1.43 bits per heavy atom. The Kier molecular flexibility index (Phi) is 5.42. The maximum absolute atomic E-state index is 12.1. The summed E-state index contributed by atoms with van der Waals surface area (Å²) in [5.41, 5.74) is 1.06. The monoisotopic (exact) mass is 318 g/mol. The molecular formula is C18H26N2O3. The van der Waals surface area contributed by atoms with E-state index in [1.54, 1.807) is 6.92 Å². The number of hydrogen-bond donors (Lipinski definition) is 3. The van der Waals surface area contributed by atoms with Crippen molar-refractivity contribution in [2.24, 2.45) is 11.8 Å². The second kappa shape index (κ2) is 7.13. The molecule has 0 spiro atoms. The van der Waals surface area contributed by atoms with Gasteiger partial charge in [0.15, 0.2) is 0 Å². The Balaban J connectivity index is 1.82. The van der Waals surface area contributed by atoms with Crippen LogP contribution in [0.4, 0.5) is 5.69 Å². The fourth-order valence-electron chi connectivity index (χ4n) is 2.52. The molecule has 0 aromatic heterocycles. The smallest absolute Gasteiger partial charge is 0.227 e. The Morgan fingerprint density at radius 3 is 2.83 bits per heavy atom. The van der Waals surface area contributed by atoms with Gasteiger partial charge in [-0.25, -0.2) is 0 Å². The summed E-state index contributed by atoms with van der Waals surface area (Å²) in [5.74, 6) is -0.270. The zero-order valence-corrected chi connectivity index (χ0v) is 14.1. The summed E-state index contributed by atoms with van der Waals surface area (Å²) >= 11 is 0. The van der Waals surface area contributed by atoms with Gasteiger partial charge in [-0.2, -0.15) is 0 Å². The van der Waals surface area contributed by atoms with Gasteiger partial charge in [-0.05, 0) is 37.3 Å². The van der Waals surface area contributed by atoms with E-state index in [1.807, 2.05) is 38.1 Å². The number of nitrogens with one attached hydrogen (secondary N) is 2. The number of amides is 2. The van der Waals surface area contributed by atoms with E-state index in [9.17, 15) is 14.7 Å². The van der Waals surface area contributed by atoms with Crippen LogP contribution < -0.4 is 10.6 Å². The largest absolute Gasteiger partial charge is 0.388 e. The summed E-state index contributed by atoms with van der Waals surface area (Å²) < 4.78 is 0. The third-order valence-electron chi connectivity index (χ3n) is 4.72. The first-order valence-electron chi connectivity index (χ1n) is 8.17. The molecule has 0 bridgehead atoms. The highest BCUT2D eigenvalue weighted by molar-refractivity contribution is 5.96. The molecule has 5 nitrogen and oxygen atoms in total. The first-order valence-corrected chi connectivity index (χ1v) is 8.17. The Bertz CT molecular complexity index is 581. The van der Waals surface area contributed by atoms with E-state index >= 15 is 0 Å². The minimum atomic E-state index is -0.920. The summed E-state index contributed by atoms with van der Waals surface area (Å²) in [6.45, 7) is 5.76. The number of anilines is 1. The highest BCUT2D eigenvalue weighted by Crippen LogP contribution is 2.27. The van der Waals surface area contributed by atoms with E-state index in [4.69, 9.17) is 0 Å². The maximum atomic E-state index is 12.1. The predicted octanol–water partition coefficient (Wildman–Crippen LogP) is 2.10. The van der Waals surface area contributed by atoms with Crippen LogP contribution in [0.15, 0.2) is 24.3 Å². The van der Waals surface area contributed by atoms with Crippen molar-refractivity contribution >= 4 is 17.5 Å². The van der Waals surface area contributed by atoms with E-state index in [0.717, 1.165) is 11.3 Å². The van der Waals surface area contributed by atoms with Crippen LogP contribution >= 0.6 is 0 Å². The van der Waals surface area contributed by atoms with Gasteiger partial charge in [0.25, 0.3) is 0 Å². The van der Waals surface area contributed by atoms with Crippen molar-refractivity contribution in [2.75, 3.05) is 11.9 Å². The van der Waals surface area contributed by atoms with Crippen LogP contribution in [-0.2, 0) is 16.0 Å². The minimum Gasteiger partial charge on any atom is -0.388 e. The lowest BCUT2D eigenvalue weighted by Gasteiger charge is -2.28. The van der Waals surface area contributed by atoms with Gasteiger partial charge in [-0.3, -0.25) is 9.59 Å². The van der Waals surface area contributed by atoms with Gasteiger partial charge in [0.1, 0.15) is 0 Å². The van der Waals surface area contributed by atoms with Crippen LogP contribution in [0.5, 0.6) is 0 Å². The maximum Gasteiger partial charge on any atom is 0.227 e. The van der Waals surface area contributed by atoms with Crippen molar-refractivity contribution in [2.45, 2.75) is 45.6 Å². The molecule has 2 rings (SSSR count). The average molecular weight is 318 g/mol. The lowest BCUT2D eigenvalue weighted by molar-refractivity contribution is -0.124. The Hall–Kier alpha value is -1.88. The van der Waals surface area contributed by atoms with Crippen LogP contribution in [0.2, 0.25) is 0 Å². The van der Waals surface area contributed by atoms with Crippen molar-refractivity contribution < 1.29 is 14.7 Å². The number of carbonyl (C=O) groups excluding carboxylic acids is 2. The van der Waals surface area contributed by atoms with Crippen LogP contribution in [0.3, 0.4) is 0 Å². The molecular weight excluding hydrogens is 292 g/mol. The molecule has 5 heteroatoms. The van der Waals surface area contributed by atoms with Crippen molar-refractivity contribution in [3.8, 4) is 0 Å². The molecule has 1 aliphatic rings. The standard InChI is InChI=1S/C18H26N2O3/c1-12(2)18(3,23)11-19-16(21)9-8-14-10-13-6-4-5-7-15(13)20-17(14)22/h4-7,12,14,23H,8-11H2,1-3H3,(H,19,21)(H,20,22). The number of para-hydroxylation sites is 1. The van der Waals surface area contributed by atoms with E-state index in [0.29, 0.717) is 12.8 Å². The predicted molar refractivity (Wildman–Crippen MR) is 90.0 cm³/mol. The van der Waals surface area contributed by atoms with Crippen molar-refractivity contribution in [3.05, 3.63) is 29.8 Å². The van der Waals surface area contributed by atoms with Crippen LogP contribution in [-0.4, -0.2) is 29.1 Å².